The molecular weight excluding hydrogens is 314 g/mol. The monoisotopic (exact) mass is 331 g/mol. The molecule has 0 aromatic carbocycles. The number of halogens is 1. The van der Waals surface area contributed by atoms with Gasteiger partial charge in [-0.15, -0.1) is 23.7 Å². The summed E-state index contributed by atoms with van der Waals surface area (Å²) in [4.78, 5) is 25.9. The molecule has 0 saturated carbocycles. The lowest BCUT2D eigenvalue weighted by molar-refractivity contribution is -0.385. The molecule has 2 unspecified atom stereocenters. The molecule has 2 bridgehead atoms. The standard InChI is InChI=1S/C13H17N3O3S.ClH/c1-8-11(16(18)19)6-12(20-8)13(17)15-5-4-9-2-3-10(7-15)14-9;/h6,9-10,14H,2-5,7H2,1H3;1H. The Morgan fingerprint density at radius 1 is 1.43 bits per heavy atom. The van der Waals surface area contributed by atoms with Crippen molar-refractivity contribution in [3.05, 3.63) is 25.9 Å². The van der Waals surface area contributed by atoms with Crippen LogP contribution in [-0.4, -0.2) is 40.9 Å². The third-order valence-corrected chi connectivity index (χ3v) is 5.14. The summed E-state index contributed by atoms with van der Waals surface area (Å²) in [7, 11) is 0. The van der Waals surface area contributed by atoms with E-state index in [4.69, 9.17) is 0 Å². The fraction of sp³-hybridized carbons (Fsp3) is 0.615. The van der Waals surface area contributed by atoms with Crippen molar-refractivity contribution in [2.75, 3.05) is 13.1 Å². The Morgan fingerprint density at radius 2 is 2.14 bits per heavy atom. The lowest BCUT2D eigenvalue weighted by Gasteiger charge is -2.23. The highest BCUT2D eigenvalue weighted by Gasteiger charge is 2.32. The van der Waals surface area contributed by atoms with Gasteiger partial charge in [0.25, 0.3) is 11.6 Å². The second kappa shape index (κ2) is 6.29. The van der Waals surface area contributed by atoms with Gasteiger partial charge in [0.1, 0.15) is 0 Å². The van der Waals surface area contributed by atoms with Gasteiger partial charge in [-0.25, -0.2) is 0 Å². The smallest absolute Gasteiger partial charge is 0.283 e. The van der Waals surface area contributed by atoms with E-state index in [2.05, 4.69) is 5.32 Å². The zero-order valence-corrected chi connectivity index (χ0v) is 13.3. The maximum Gasteiger partial charge on any atom is 0.283 e. The molecule has 6 nitrogen and oxygen atoms in total. The zero-order chi connectivity index (χ0) is 14.3. The quantitative estimate of drug-likeness (QED) is 0.666. The predicted molar refractivity (Wildman–Crippen MR) is 83.4 cm³/mol. The van der Waals surface area contributed by atoms with Gasteiger partial charge in [-0.2, -0.15) is 0 Å². The molecular formula is C13H18ClN3O3S. The molecule has 8 heteroatoms. The normalized spacial score (nSPS) is 24.3. The Labute approximate surface area is 133 Å². The highest BCUT2D eigenvalue weighted by atomic mass is 35.5. The maximum atomic E-state index is 12.5. The molecule has 2 aliphatic heterocycles. The number of nitro groups is 1. The van der Waals surface area contributed by atoms with Crippen LogP contribution >= 0.6 is 23.7 Å². The fourth-order valence-corrected chi connectivity index (χ4v) is 4.00. The number of aryl methyl sites for hydroxylation is 1. The molecule has 2 aliphatic rings. The number of rotatable bonds is 2. The maximum absolute atomic E-state index is 12.5. The third kappa shape index (κ3) is 3.20. The molecule has 116 valence electrons. The lowest BCUT2D eigenvalue weighted by Crippen LogP contribution is -2.38. The van der Waals surface area contributed by atoms with E-state index < -0.39 is 4.92 Å². The first-order valence-corrected chi connectivity index (χ1v) is 7.66. The van der Waals surface area contributed by atoms with Gasteiger partial charge < -0.3 is 10.2 Å². The lowest BCUT2D eigenvalue weighted by atomic mass is 10.1. The van der Waals surface area contributed by atoms with E-state index in [1.807, 2.05) is 4.90 Å². The van der Waals surface area contributed by atoms with Crippen molar-refractivity contribution in [3.63, 3.8) is 0 Å². The summed E-state index contributed by atoms with van der Waals surface area (Å²) in [5.74, 6) is -0.0689. The molecule has 3 rings (SSSR count). The van der Waals surface area contributed by atoms with E-state index in [0.29, 0.717) is 28.4 Å². The van der Waals surface area contributed by atoms with Crippen LogP contribution in [0.15, 0.2) is 6.07 Å². The summed E-state index contributed by atoms with van der Waals surface area (Å²) >= 11 is 1.22. The zero-order valence-electron chi connectivity index (χ0n) is 11.7. The average molecular weight is 332 g/mol. The van der Waals surface area contributed by atoms with Gasteiger partial charge in [-0.3, -0.25) is 14.9 Å². The van der Waals surface area contributed by atoms with Crippen molar-refractivity contribution in [3.8, 4) is 0 Å². The van der Waals surface area contributed by atoms with E-state index in [0.717, 1.165) is 19.4 Å². The first-order chi connectivity index (χ1) is 9.54. The Hall–Kier alpha value is -1.18. The minimum absolute atomic E-state index is 0. The summed E-state index contributed by atoms with van der Waals surface area (Å²) in [6.07, 6.45) is 3.27. The van der Waals surface area contributed by atoms with Crippen LogP contribution in [0.2, 0.25) is 0 Å². The Balaban J connectivity index is 0.00000161. The van der Waals surface area contributed by atoms with Crippen LogP contribution in [0.25, 0.3) is 0 Å². The molecule has 1 aromatic rings. The van der Waals surface area contributed by atoms with E-state index in [1.165, 1.54) is 23.8 Å². The largest absolute Gasteiger partial charge is 0.336 e. The molecule has 1 N–H and O–H groups in total. The van der Waals surface area contributed by atoms with E-state index in [-0.39, 0.29) is 24.0 Å². The fourth-order valence-electron chi connectivity index (χ4n) is 3.04. The number of hydrogen-bond acceptors (Lipinski definition) is 5. The molecule has 0 spiro atoms. The minimum atomic E-state index is -0.422. The average Bonchev–Trinajstić information content (AvgIpc) is 2.92. The highest BCUT2D eigenvalue weighted by molar-refractivity contribution is 7.14. The highest BCUT2D eigenvalue weighted by Crippen LogP contribution is 2.30. The SMILES string of the molecule is Cc1sc(C(=O)N2CCC3CCC(C2)N3)cc1[N+](=O)[O-].Cl. The van der Waals surface area contributed by atoms with Gasteiger partial charge in [0.15, 0.2) is 0 Å². The molecule has 2 fully saturated rings. The van der Waals surface area contributed by atoms with Crippen molar-refractivity contribution < 1.29 is 9.72 Å². The third-order valence-electron chi connectivity index (χ3n) is 4.11. The molecule has 21 heavy (non-hydrogen) atoms. The number of carbonyl (C=O) groups is 1. The van der Waals surface area contributed by atoms with E-state index in [1.54, 1.807) is 6.92 Å². The molecule has 0 aliphatic carbocycles. The number of thiophene rings is 1. The second-order valence-corrected chi connectivity index (χ2v) is 6.74. The van der Waals surface area contributed by atoms with Crippen molar-refractivity contribution in [1.29, 1.82) is 0 Å². The molecule has 0 radical (unpaired) electrons. The van der Waals surface area contributed by atoms with Crippen LogP contribution in [0.4, 0.5) is 5.69 Å². The van der Waals surface area contributed by atoms with Gasteiger partial charge in [0.05, 0.1) is 14.7 Å². The Bertz CT molecular complexity index is 563. The van der Waals surface area contributed by atoms with Crippen LogP contribution in [-0.2, 0) is 0 Å². The van der Waals surface area contributed by atoms with Crippen molar-refractivity contribution in [1.82, 2.24) is 10.2 Å². The summed E-state index contributed by atoms with van der Waals surface area (Å²) in [5.41, 5.74) is 0.0489. The van der Waals surface area contributed by atoms with Gasteiger partial charge in [0.2, 0.25) is 0 Å². The molecule has 1 amide bonds. The van der Waals surface area contributed by atoms with Crippen molar-refractivity contribution >= 4 is 35.3 Å². The number of amides is 1. The molecule has 1 aromatic heterocycles. The van der Waals surface area contributed by atoms with Gasteiger partial charge in [0, 0.05) is 31.2 Å². The minimum Gasteiger partial charge on any atom is -0.336 e. The second-order valence-electron chi connectivity index (χ2n) is 5.49. The van der Waals surface area contributed by atoms with E-state index >= 15 is 0 Å². The number of likely N-dealkylation sites (tertiary alicyclic amines) is 1. The Kier molecular flexibility index (Phi) is 4.85. The summed E-state index contributed by atoms with van der Waals surface area (Å²) in [6.45, 7) is 3.13. The topological polar surface area (TPSA) is 75.5 Å². The number of fused-ring (bicyclic) bond motifs is 2. The number of hydrogen-bond donors (Lipinski definition) is 1. The first-order valence-electron chi connectivity index (χ1n) is 6.84. The summed E-state index contributed by atoms with van der Waals surface area (Å²) < 4.78 is 0. The number of nitrogens with zero attached hydrogens (tertiary/aromatic N) is 2. The summed E-state index contributed by atoms with van der Waals surface area (Å²) in [5, 5.41) is 14.4. The molecule has 3 heterocycles. The van der Waals surface area contributed by atoms with Crippen LogP contribution in [0.5, 0.6) is 0 Å². The predicted octanol–water partition coefficient (Wildman–Crippen LogP) is 2.35. The van der Waals surface area contributed by atoms with Crippen molar-refractivity contribution in [2.45, 2.75) is 38.3 Å². The molecule has 2 saturated heterocycles. The summed E-state index contributed by atoms with van der Waals surface area (Å²) in [6, 6.07) is 2.32. The van der Waals surface area contributed by atoms with Gasteiger partial charge in [-0.05, 0) is 26.2 Å². The van der Waals surface area contributed by atoms with Gasteiger partial charge in [-0.1, -0.05) is 0 Å². The van der Waals surface area contributed by atoms with Gasteiger partial charge >= 0.3 is 0 Å². The van der Waals surface area contributed by atoms with Crippen LogP contribution < -0.4 is 5.32 Å². The van der Waals surface area contributed by atoms with E-state index in [9.17, 15) is 14.9 Å². The number of nitrogens with one attached hydrogen (secondary N) is 1. The van der Waals surface area contributed by atoms with Crippen LogP contribution in [0.1, 0.15) is 33.8 Å². The molecule has 2 atom stereocenters. The van der Waals surface area contributed by atoms with Crippen LogP contribution in [0, 0.1) is 17.0 Å². The van der Waals surface area contributed by atoms with Crippen molar-refractivity contribution in [2.24, 2.45) is 0 Å². The Morgan fingerprint density at radius 3 is 2.81 bits per heavy atom. The number of carbonyl (C=O) groups excluding carboxylic acids is 1. The van der Waals surface area contributed by atoms with Crippen LogP contribution in [0.3, 0.4) is 0 Å². The first kappa shape index (κ1) is 16.2.